The van der Waals surface area contributed by atoms with Crippen LogP contribution >= 0.6 is 11.6 Å². The van der Waals surface area contributed by atoms with E-state index < -0.39 is 0 Å². The summed E-state index contributed by atoms with van der Waals surface area (Å²) in [6.45, 7) is 1.42. The number of rotatable bonds is 7. The molecule has 0 atom stereocenters. The van der Waals surface area contributed by atoms with Gasteiger partial charge in [0.15, 0.2) is 5.84 Å². The van der Waals surface area contributed by atoms with Gasteiger partial charge in [0.1, 0.15) is 0 Å². The maximum atomic E-state index is 9.13. The van der Waals surface area contributed by atoms with Crippen LogP contribution in [0.2, 0.25) is 5.02 Å². The summed E-state index contributed by atoms with van der Waals surface area (Å²) in [6.07, 6.45) is 0. The number of methoxy groups -OCH3 is 1. The Morgan fingerprint density at radius 2 is 2.21 bits per heavy atom. The molecule has 1 aromatic rings. The number of hydrogen-bond acceptors (Lipinski definition) is 5. The number of hydrogen-bond donors (Lipinski definition) is 3. The lowest BCUT2D eigenvalue weighted by atomic mass is 10.1. The van der Waals surface area contributed by atoms with Crippen LogP contribution in [0, 0.1) is 0 Å². The molecule has 1 aromatic carbocycles. The van der Waals surface area contributed by atoms with Gasteiger partial charge in [0, 0.05) is 36.5 Å². The zero-order valence-corrected chi connectivity index (χ0v) is 11.5. The molecular formula is C12H18ClN3O3. The fourth-order valence-corrected chi connectivity index (χ4v) is 1.88. The number of ether oxygens (including phenoxy) is 1. The molecule has 0 spiro atoms. The zero-order valence-electron chi connectivity index (χ0n) is 10.7. The summed E-state index contributed by atoms with van der Waals surface area (Å²) >= 11 is 5.98. The average Bonchev–Trinajstić information content (AvgIpc) is 2.42. The molecule has 19 heavy (non-hydrogen) atoms. The van der Waals surface area contributed by atoms with Crippen LogP contribution in [0.1, 0.15) is 5.56 Å². The van der Waals surface area contributed by atoms with Gasteiger partial charge in [0.05, 0.1) is 13.2 Å². The number of nitrogens with zero attached hydrogens (tertiary/aromatic N) is 2. The summed E-state index contributed by atoms with van der Waals surface area (Å²) in [5.74, 6) is -0.00739. The number of aliphatic hydroxyl groups excluding tert-OH is 1. The molecule has 0 heterocycles. The molecule has 0 radical (unpaired) electrons. The Morgan fingerprint density at radius 3 is 2.79 bits per heavy atom. The normalized spacial score (nSPS) is 11.6. The van der Waals surface area contributed by atoms with Gasteiger partial charge in [0.2, 0.25) is 0 Å². The van der Waals surface area contributed by atoms with Crippen molar-refractivity contribution < 1.29 is 15.1 Å². The SMILES string of the molecule is COCCN(CCO)c1cc(Cl)ccc1/C(N)=N/O. The predicted octanol–water partition coefficient (Wildman–Crippen LogP) is 0.880. The molecule has 7 heteroatoms. The average molecular weight is 288 g/mol. The topological polar surface area (TPSA) is 91.3 Å². The van der Waals surface area contributed by atoms with E-state index in [1.54, 1.807) is 25.3 Å². The largest absolute Gasteiger partial charge is 0.409 e. The lowest BCUT2D eigenvalue weighted by molar-refractivity contribution is 0.203. The van der Waals surface area contributed by atoms with Crippen LogP contribution < -0.4 is 10.6 Å². The minimum absolute atomic E-state index is 0.00739. The summed E-state index contributed by atoms with van der Waals surface area (Å²) < 4.78 is 5.03. The first-order valence-electron chi connectivity index (χ1n) is 5.76. The van der Waals surface area contributed by atoms with Gasteiger partial charge in [-0.2, -0.15) is 0 Å². The van der Waals surface area contributed by atoms with Crippen LogP contribution in [-0.2, 0) is 4.74 Å². The number of amidine groups is 1. The maximum Gasteiger partial charge on any atom is 0.172 e. The van der Waals surface area contributed by atoms with Crippen LogP contribution in [0.4, 0.5) is 5.69 Å². The van der Waals surface area contributed by atoms with Crippen LogP contribution in [0.15, 0.2) is 23.4 Å². The van der Waals surface area contributed by atoms with E-state index in [0.717, 1.165) is 0 Å². The Bertz CT molecular complexity index is 440. The van der Waals surface area contributed by atoms with E-state index in [1.165, 1.54) is 0 Å². The summed E-state index contributed by atoms with van der Waals surface area (Å²) in [4.78, 5) is 1.86. The molecule has 0 aliphatic carbocycles. The van der Waals surface area contributed by atoms with E-state index in [4.69, 9.17) is 32.4 Å². The first kappa shape index (κ1) is 15.6. The molecule has 0 saturated carbocycles. The first-order chi connectivity index (χ1) is 9.13. The molecule has 106 valence electrons. The third-order valence-electron chi connectivity index (χ3n) is 2.62. The number of benzene rings is 1. The minimum Gasteiger partial charge on any atom is -0.409 e. The monoisotopic (exact) mass is 287 g/mol. The fraction of sp³-hybridized carbons (Fsp3) is 0.417. The van der Waals surface area contributed by atoms with Crippen molar-refractivity contribution >= 4 is 23.1 Å². The van der Waals surface area contributed by atoms with Crippen molar-refractivity contribution in [2.45, 2.75) is 0 Å². The molecule has 0 fully saturated rings. The van der Waals surface area contributed by atoms with Gasteiger partial charge in [-0.3, -0.25) is 0 Å². The van der Waals surface area contributed by atoms with E-state index in [0.29, 0.717) is 36.0 Å². The minimum atomic E-state index is -0.0220. The fourth-order valence-electron chi connectivity index (χ4n) is 1.71. The molecule has 0 amide bonds. The van der Waals surface area contributed by atoms with Gasteiger partial charge in [0.25, 0.3) is 0 Å². The second kappa shape index (κ2) is 7.83. The molecule has 1 rings (SSSR count). The molecule has 0 aromatic heterocycles. The van der Waals surface area contributed by atoms with Crippen molar-refractivity contribution in [2.24, 2.45) is 10.9 Å². The predicted molar refractivity (Wildman–Crippen MR) is 75.1 cm³/mol. The molecule has 4 N–H and O–H groups in total. The van der Waals surface area contributed by atoms with E-state index in [9.17, 15) is 0 Å². The second-order valence-corrected chi connectivity index (χ2v) is 4.29. The van der Waals surface area contributed by atoms with Crippen molar-refractivity contribution in [3.05, 3.63) is 28.8 Å². The Morgan fingerprint density at radius 1 is 1.47 bits per heavy atom. The van der Waals surface area contributed by atoms with E-state index in [-0.39, 0.29) is 12.4 Å². The number of oxime groups is 1. The van der Waals surface area contributed by atoms with Gasteiger partial charge in [-0.25, -0.2) is 0 Å². The Hall–Kier alpha value is -1.50. The highest BCUT2D eigenvalue weighted by Crippen LogP contribution is 2.24. The van der Waals surface area contributed by atoms with Crippen LogP contribution in [-0.4, -0.2) is 49.6 Å². The number of anilines is 1. The molecule has 0 aliphatic heterocycles. The number of halogens is 1. The van der Waals surface area contributed by atoms with Crippen molar-refractivity contribution in [1.29, 1.82) is 0 Å². The Balaban J connectivity index is 3.14. The molecular weight excluding hydrogens is 270 g/mol. The number of nitrogens with two attached hydrogens (primary N) is 1. The van der Waals surface area contributed by atoms with E-state index in [1.807, 2.05) is 4.90 Å². The summed E-state index contributed by atoms with van der Waals surface area (Å²) in [5, 5.41) is 21.5. The van der Waals surface area contributed by atoms with Gasteiger partial charge in [-0.1, -0.05) is 16.8 Å². The van der Waals surface area contributed by atoms with Crippen LogP contribution in [0.25, 0.3) is 0 Å². The molecule has 0 unspecified atom stereocenters. The lowest BCUT2D eigenvalue weighted by Crippen LogP contribution is -2.32. The molecule has 0 aliphatic rings. The highest BCUT2D eigenvalue weighted by Gasteiger charge is 2.14. The summed E-state index contributed by atoms with van der Waals surface area (Å²) in [6, 6.07) is 5.04. The standard InChI is InChI=1S/C12H18ClN3O3/c1-19-7-5-16(4-6-17)11-8-9(13)2-3-10(11)12(14)15-18/h2-3,8,17-18H,4-7H2,1H3,(H2,14,15). The van der Waals surface area contributed by atoms with Crippen LogP contribution in [0.3, 0.4) is 0 Å². The van der Waals surface area contributed by atoms with Crippen molar-refractivity contribution in [3.63, 3.8) is 0 Å². The third kappa shape index (κ3) is 4.27. The Labute approximate surface area is 117 Å². The molecule has 6 nitrogen and oxygen atoms in total. The maximum absolute atomic E-state index is 9.13. The zero-order chi connectivity index (χ0) is 14.3. The molecule has 0 saturated heterocycles. The van der Waals surface area contributed by atoms with Gasteiger partial charge in [-0.15, -0.1) is 0 Å². The van der Waals surface area contributed by atoms with E-state index >= 15 is 0 Å². The molecule has 0 bridgehead atoms. The van der Waals surface area contributed by atoms with Crippen LogP contribution in [0.5, 0.6) is 0 Å². The number of aliphatic hydroxyl groups is 1. The quantitative estimate of drug-likeness (QED) is 0.300. The van der Waals surface area contributed by atoms with Gasteiger partial charge < -0.3 is 25.7 Å². The van der Waals surface area contributed by atoms with E-state index in [2.05, 4.69) is 5.16 Å². The highest BCUT2D eigenvalue weighted by molar-refractivity contribution is 6.31. The second-order valence-electron chi connectivity index (χ2n) is 3.85. The Kier molecular flexibility index (Phi) is 6.41. The summed E-state index contributed by atoms with van der Waals surface area (Å²) in [5.41, 5.74) is 6.89. The van der Waals surface area contributed by atoms with Gasteiger partial charge in [-0.05, 0) is 18.2 Å². The highest BCUT2D eigenvalue weighted by atomic mass is 35.5. The lowest BCUT2D eigenvalue weighted by Gasteiger charge is -2.26. The first-order valence-corrected chi connectivity index (χ1v) is 6.14. The van der Waals surface area contributed by atoms with Gasteiger partial charge >= 0.3 is 0 Å². The summed E-state index contributed by atoms with van der Waals surface area (Å²) in [7, 11) is 1.60. The third-order valence-corrected chi connectivity index (χ3v) is 2.85. The smallest absolute Gasteiger partial charge is 0.172 e. The van der Waals surface area contributed by atoms with Crippen molar-refractivity contribution in [2.75, 3.05) is 38.3 Å². The van der Waals surface area contributed by atoms with Crippen molar-refractivity contribution in [1.82, 2.24) is 0 Å². The van der Waals surface area contributed by atoms with Crippen molar-refractivity contribution in [3.8, 4) is 0 Å².